The molecule has 5 rings (SSSR count). The topological polar surface area (TPSA) is 68.5 Å². The molecule has 2 aromatic carbocycles. The molecular formula is C30H34N4O4. The second-order valence-electron chi connectivity index (χ2n) is 9.56. The smallest absolute Gasteiger partial charge is 0.223 e. The summed E-state index contributed by atoms with van der Waals surface area (Å²) in [6.07, 6.45) is 4.21. The van der Waals surface area contributed by atoms with Crippen LogP contribution in [0.5, 0.6) is 17.2 Å². The van der Waals surface area contributed by atoms with Crippen LogP contribution in [0.2, 0.25) is 0 Å². The fourth-order valence-corrected chi connectivity index (χ4v) is 5.18. The summed E-state index contributed by atoms with van der Waals surface area (Å²) >= 11 is 0. The molecule has 4 aromatic rings. The van der Waals surface area contributed by atoms with E-state index < -0.39 is 0 Å². The van der Waals surface area contributed by atoms with Crippen molar-refractivity contribution in [1.82, 2.24) is 14.3 Å². The van der Waals surface area contributed by atoms with E-state index in [0.717, 1.165) is 47.0 Å². The van der Waals surface area contributed by atoms with Crippen LogP contribution in [-0.2, 0) is 4.79 Å². The molecule has 1 fully saturated rings. The first kappa shape index (κ1) is 25.4. The molecule has 0 bridgehead atoms. The van der Waals surface area contributed by atoms with Crippen molar-refractivity contribution in [3.8, 4) is 17.2 Å². The van der Waals surface area contributed by atoms with E-state index in [1.54, 1.807) is 21.3 Å². The van der Waals surface area contributed by atoms with Crippen molar-refractivity contribution in [1.29, 1.82) is 0 Å². The lowest BCUT2D eigenvalue weighted by atomic mass is 9.91. The molecule has 198 valence electrons. The van der Waals surface area contributed by atoms with Gasteiger partial charge in [0.25, 0.3) is 0 Å². The third-order valence-electron chi connectivity index (χ3n) is 7.27. The van der Waals surface area contributed by atoms with Crippen molar-refractivity contribution in [2.45, 2.75) is 19.3 Å². The van der Waals surface area contributed by atoms with E-state index >= 15 is 0 Å². The quantitative estimate of drug-likeness (QED) is 0.344. The number of hydrogen-bond acceptors (Lipinski definition) is 6. The molecule has 0 aliphatic carbocycles. The average Bonchev–Trinajstić information content (AvgIpc) is 3.38. The Hall–Kier alpha value is -4.20. The average molecular weight is 515 g/mol. The Labute approximate surface area is 223 Å². The molecule has 1 amide bonds. The minimum absolute atomic E-state index is 0.110. The normalized spacial score (nSPS) is 14.4. The lowest BCUT2D eigenvalue weighted by Gasteiger charge is -2.37. The molecule has 2 aromatic heterocycles. The number of hydrogen-bond donors (Lipinski definition) is 0. The van der Waals surface area contributed by atoms with Gasteiger partial charge in [0.2, 0.25) is 5.91 Å². The molecule has 1 aliphatic rings. The number of imidazole rings is 1. The van der Waals surface area contributed by atoms with Crippen LogP contribution < -0.4 is 19.1 Å². The molecule has 8 nitrogen and oxygen atoms in total. The molecule has 1 aliphatic heterocycles. The van der Waals surface area contributed by atoms with Gasteiger partial charge in [-0.2, -0.15) is 0 Å². The Bertz CT molecular complexity index is 1400. The number of nitrogens with zero attached hydrogens (tertiary/aromatic N) is 4. The third-order valence-corrected chi connectivity index (χ3v) is 7.27. The number of pyridine rings is 1. The predicted octanol–water partition coefficient (Wildman–Crippen LogP) is 4.54. The van der Waals surface area contributed by atoms with Gasteiger partial charge in [-0.1, -0.05) is 12.1 Å². The van der Waals surface area contributed by atoms with Gasteiger partial charge >= 0.3 is 0 Å². The van der Waals surface area contributed by atoms with E-state index in [4.69, 9.17) is 14.2 Å². The maximum atomic E-state index is 13.7. The second-order valence-corrected chi connectivity index (χ2v) is 9.56. The molecule has 0 N–H and O–H groups in total. The highest BCUT2D eigenvalue weighted by Crippen LogP contribution is 2.35. The number of aromatic nitrogens is 2. The maximum absolute atomic E-state index is 13.7. The lowest BCUT2D eigenvalue weighted by molar-refractivity contribution is -0.131. The van der Waals surface area contributed by atoms with Gasteiger partial charge in [-0.3, -0.25) is 4.79 Å². The summed E-state index contributed by atoms with van der Waals surface area (Å²) in [7, 11) is 4.96. The Morgan fingerprint density at radius 1 is 0.921 bits per heavy atom. The van der Waals surface area contributed by atoms with E-state index in [-0.39, 0.29) is 11.8 Å². The van der Waals surface area contributed by atoms with Crippen molar-refractivity contribution < 1.29 is 19.0 Å². The van der Waals surface area contributed by atoms with Crippen LogP contribution in [0.15, 0.2) is 67.0 Å². The van der Waals surface area contributed by atoms with Crippen molar-refractivity contribution in [2.75, 3.05) is 52.4 Å². The Morgan fingerprint density at radius 3 is 2.32 bits per heavy atom. The molecule has 1 unspecified atom stereocenters. The summed E-state index contributed by atoms with van der Waals surface area (Å²) in [6, 6.07) is 17.9. The highest BCUT2D eigenvalue weighted by molar-refractivity contribution is 5.78. The minimum Gasteiger partial charge on any atom is -0.497 e. The number of aryl methyl sites for hydroxylation is 1. The zero-order valence-electron chi connectivity index (χ0n) is 22.4. The fourth-order valence-electron chi connectivity index (χ4n) is 5.18. The number of fused-ring (bicyclic) bond motifs is 1. The van der Waals surface area contributed by atoms with Crippen molar-refractivity contribution in [3.63, 3.8) is 0 Å². The summed E-state index contributed by atoms with van der Waals surface area (Å²) in [4.78, 5) is 22.6. The van der Waals surface area contributed by atoms with Gasteiger partial charge in [-0.25, -0.2) is 4.98 Å². The third kappa shape index (κ3) is 5.11. The first-order valence-electron chi connectivity index (χ1n) is 12.8. The number of rotatable bonds is 8. The fraction of sp³-hybridized carbons (Fsp3) is 0.333. The number of methoxy groups -OCH3 is 3. The summed E-state index contributed by atoms with van der Waals surface area (Å²) < 4.78 is 18.7. The SMILES string of the molecule is COc1cc(OC)cc(C(CC(=O)N2CCN(c3ccccc3OC)CC2)c2cnc3cc(C)ccn23)c1. The highest BCUT2D eigenvalue weighted by atomic mass is 16.5. The molecule has 1 saturated heterocycles. The van der Waals surface area contributed by atoms with E-state index in [0.29, 0.717) is 31.0 Å². The van der Waals surface area contributed by atoms with E-state index in [2.05, 4.69) is 26.4 Å². The standard InChI is InChI=1S/C30H34N4O4/c1-21-9-10-34-27(20-31-29(34)15-21)25(22-16-23(36-2)18-24(17-22)37-3)19-30(35)33-13-11-32(12-14-33)26-7-5-6-8-28(26)38-4/h5-10,15-18,20,25H,11-14,19H2,1-4H3. The first-order valence-corrected chi connectivity index (χ1v) is 12.8. The molecular weight excluding hydrogens is 480 g/mol. The summed E-state index contributed by atoms with van der Waals surface area (Å²) in [5.74, 6) is 2.11. The van der Waals surface area contributed by atoms with Crippen LogP contribution in [0.1, 0.15) is 29.2 Å². The van der Waals surface area contributed by atoms with Crippen LogP contribution in [0, 0.1) is 6.92 Å². The first-order chi connectivity index (χ1) is 18.5. The molecule has 1 atom stereocenters. The molecule has 8 heteroatoms. The van der Waals surface area contributed by atoms with Gasteiger partial charge in [0.05, 0.1) is 32.7 Å². The molecule has 38 heavy (non-hydrogen) atoms. The number of benzene rings is 2. The summed E-state index contributed by atoms with van der Waals surface area (Å²) in [6.45, 7) is 4.85. The second kappa shape index (κ2) is 11.0. The molecule has 0 radical (unpaired) electrons. The number of anilines is 1. The largest absolute Gasteiger partial charge is 0.497 e. The Morgan fingerprint density at radius 2 is 1.63 bits per heavy atom. The van der Waals surface area contributed by atoms with E-state index in [9.17, 15) is 4.79 Å². The molecule has 3 heterocycles. The van der Waals surface area contributed by atoms with Crippen molar-refractivity contribution in [2.24, 2.45) is 0 Å². The number of ether oxygens (including phenoxy) is 3. The number of carbonyl (C=O) groups is 1. The highest BCUT2D eigenvalue weighted by Gasteiger charge is 2.28. The van der Waals surface area contributed by atoms with Gasteiger partial charge in [-0.05, 0) is 54.4 Å². The van der Waals surface area contributed by atoms with Crippen LogP contribution in [0.3, 0.4) is 0 Å². The van der Waals surface area contributed by atoms with Gasteiger partial charge in [0, 0.05) is 57.0 Å². The van der Waals surface area contributed by atoms with E-state index in [1.807, 2.05) is 66.7 Å². The van der Waals surface area contributed by atoms with Crippen LogP contribution >= 0.6 is 0 Å². The zero-order valence-corrected chi connectivity index (χ0v) is 22.4. The number of carbonyl (C=O) groups excluding carboxylic acids is 1. The maximum Gasteiger partial charge on any atom is 0.223 e. The minimum atomic E-state index is -0.226. The molecule has 0 saturated carbocycles. The Kier molecular flexibility index (Phi) is 7.40. The van der Waals surface area contributed by atoms with Gasteiger partial charge in [-0.15, -0.1) is 0 Å². The number of piperazine rings is 1. The van der Waals surface area contributed by atoms with Crippen LogP contribution in [-0.4, -0.2) is 67.7 Å². The van der Waals surface area contributed by atoms with Crippen molar-refractivity contribution >= 4 is 17.2 Å². The lowest BCUT2D eigenvalue weighted by Crippen LogP contribution is -2.49. The van der Waals surface area contributed by atoms with E-state index in [1.165, 1.54) is 0 Å². The Balaban J connectivity index is 1.41. The van der Waals surface area contributed by atoms with Crippen LogP contribution in [0.4, 0.5) is 5.69 Å². The van der Waals surface area contributed by atoms with Gasteiger partial charge in [0.1, 0.15) is 22.9 Å². The number of amides is 1. The zero-order chi connectivity index (χ0) is 26.6. The summed E-state index contributed by atoms with van der Waals surface area (Å²) in [5, 5.41) is 0. The van der Waals surface area contributed by atoms with Gasteiger partial charge in [0.15, 0.2) is 0 Å². The summed E-state index contributed by atoms with van der Waals surface area (Å²) in [5.41, 5.74) is 4.96. The number of para-hydroxylation sites is 2. The van der Waals surface area contributed by atoms with Crippen LogP contribution in [0.25, 0.3) is 5.65 Å². The predicted molar refractivity (Wildman–Crippen MR) is 148 cm³/mol. The van der Waals surface area contributed by atoms with Crippen molar-refractivity contribution in [3.05, 3.63) is 83.8 Å². The molecule has 0 spiro atoms. The monoisotopic (exact) mass is 514 g/mol. The van der Waals surface area contributed by atoms with Gasteiger partial charge < -0.3 is 28.4 Å².